The van der Waals surface area contributed by atoms with Crippen LogP contribution in [0.15, 0.2) is 28.7 Å². The molecule has 2 aromatic rings. The molecular weight excluding hydrogens is 240 g/mol. The Morgan fingerprint density at radius 1 is 1.17 bits per heavy atom. The molecule has 1 aromatic carbocycles. The zero-order valence-electron chi connectivity index (χ0n) is 11.9. The Bertz CT molecular complexity index is 561. The van der Waals surface area contributed by atoms with Crippen LogP contribution in [0.3, 0.4) is 0 Å². The SMILES string of the molecule is CC(C)(C)[Si](C)(C)c1c(CO)oc2ccccc12. The normalized spacial score (nSPS) is 13.2. The van der Waals surface area contributed by atoms with Crippen molar-refractivity contribution in [2.45, 2.75) is 45.5 Å². The molecule has 0 radical (unpaired) electrons. The van der Waals surface area contributed by atoms with E-state index in [2.05, 4.69) is 39.9 Å². The fraction of sp³-hybridized carbons (Fsp3) is 0.467. The Kier molecular flexibility index (Phi) is 3.15. The van der Waals surface area contributed by atoms with Crippen LogP contribution in [0.4, 0.5) is 0 Å². The second-order valence-electron chi connectivity index (χ2n) is 6.43. The maximum atomic E-state index is 9.58. The third-order valence-electron chi connectivity index (χ3n) is 4.31. The zero-order chi connectivity index (χ0) is 13.6. The Labute approximate surface area is 110 Å². The first-order valence-electron chi connectivity index (χ1n) is 6.41. The first kappa shape index (κ1) is 13.4. The van der Waals surface area contributed by atoms with Gasteiger partial charge in [-0.1, -0.05) is 52.1 Å². The molecule has 0 unspecified atom stereocenters. The lowest BCUT2D eigenvalue weighted by molar-refractivity contribution is 0.252. The van der Waals surface area contributed by atoms with Crippen molar-refractivity contribution in [3.05, 3.63) is 30.0 Å². The number of aliphatic hydroxyl groups excluding tert-OH is 1. The molecule has 0 bridgehead atoms. The Morgan fingerprint density at radius 2 is 1.78 bits per heavy atom. The van der Waals surface area contributed by atoms with E-state index in [-0.39, 0.29) is 11.6 Å². The van der Waals surface area contributed by atoms with E-state index in [1.54, 1.807) is 0 Å². The number of benzene rings is 1. The van der Waals surface area contributed by atoms with E-state index in [4.69, 9.17) is 4.42 Å². The van der Waals surface area contributed by atoms with Crippen LogP contribution >= 0.6 is 0 Å². The van der Waals surface area contributed by atoms with Crippen molar-refractivity contribution in [2.24, 2.45) is 0 Å². The van der Waals surface area contributed by atoms with Crippen LogP contribution in [0.2, 0.25) is 18.1 Å². The minimum Gasteiger partial charge on any atom is -0.459 e. The lowest BCUT2D eigenvalue weighted by Crippen LogP contribution is -2.50. The molecule has 0 saturated heterocycles. The van der Waals surface area contributed by atoms with Gasteiger partial charge in [0.1, 0.15) is 18.0 Å². The topological polar surface area (TPSA) is 33.4 Å². The fourth-order valence-electron chi connectivity index (χ4n) is 2.27. The second kappa shape index (κ2) is 4.25. The quantitative estimate of drug-likeness (QED) is 0.838. The van der Waals surface area contributed by atoms with Gasteiger partial charge in [-0.3, -0.25) is 0 Å². The largest absolute Gasteiger partial charge is 0.459 e. The van der Waals surface area contributed by atoms with E-state index in [0.29, 0.717) is 0 Å². The smallest absolute Gasteiger partial charge is 0.134 e. The van der Waals surface area contributed by atoms with E-state index >= 15 is 0 Å². The predicted octanol–water partition coefficient (Wildman–Crippen LogP) is 3.64. The molecule has 3 heteroatoms. The standard InChI is InChI=1S/C15H22O2Si/c1-15(2,3)18(4,5)14-11-8-6-7-9-12(11)17-13(14)10-16/h6-9,16H,10H2,1-5H3. The zero-order valence-corrected chi connectivity index (χ0v) is 12.9. The molecule has 2 nitrogen and oxygen atoms in total. The second-order valence-corrected chi connectivity index (χ2v) is 11.7. The summed E-state index contributed by atoms with van der Waals surface area (Å²) in [6, 6.07) is 8.09. The molecule has 2 rings (SSSR count). The van der Waals surface area contributed by atoms with Gasteiger partial charge in [-0.15, -0.1) is 0 Å². The molecule has 0 aliphatic carbocycles. The summed E-state index contributed by atoms with van der Waals surface area (Å²) in [4.78, 5) is 0. The average molecular weight is 262 g/mol. The minimum absolute atomic E-state index is 0.0173. The maximum absolute atomic E-state index is 9.58. The van der Waals surface area contributed by atoms with Gasteiger partial charge in [0.15, 0.2) is 0 Å². The molecule has 0 spiro atoms. The monoisotopic (exact) mass is 262 g/mol. The molecule has 98 valence electrons. The Balaban J connectivity index is 2.77. The molecule has 18 heavy (non-hydrogen) atoms. The number of fused-ring (bicyclic) bond motifs is 1. The molecule has 0 atom stereocenters. The molecule has 0 aliphatic heterocycles. The third-order valence-corrected chi connectivity index (χ3v) is 9.86. The van der Waals surface area contributed by atoms with Crippen molar-refractivity contribution in [3.63, 3.8) is 0 Å². The summed E-state index contributed by atoms with van der Waals surface area (Å²) in [6.07, 6.45) is 0. The highest BCUT2D eigenvalue weighted by atomic mass is 28.3. The van der Waals surface area contributed by atoms with Gasteiger partial charge < -0.3 is 9.52 Å². The van der Waals surface area contributed by atoms with Crippen molar-refractivity contribution >= 4 is 24.2 Å². The highest BCUT2D eigenvalue weighted by molar-refractivity contribution is 6.94. The molecule has 1 N–H and O–H groups in total. The van der Waals surface area contributed by atoms with Gasteiger partial charge in [-0.25, -0.2) is 0 Å². The van der Waals surface area contributed by atoms with E-state index in [0.717, 1.165) is 11.3 Å². The van der Waals surface area contributed by atoms with Crippen LogP contribution in [-0.2, 0) is 6.61 Å². The van der Waals surface area contributed by atoms with Gasteiger partial charge in [0.2, 0.25) is 0 Å². The van der Waals surface area contributed by atoms with Gasteiger partial charge in [0, 0.05) is 5.39 Å². The van der Waals surface area contributed by atoms with Crippen LogP contribution in [0.25, 0.3) is 11.0 Å². The van der Waals surface area contributed by atoms with Crippen LogP contribution < -0.4 is 5.19 Å². The number of hydrogen-bond acceptors (Lipinski definition) is 2. The highest BCUT2D eigenvalue weighted by Gasteiger charge is 2.41. The lowest BCUT2D eigenvalue weighted by Gasteiger charge is -2.37. The van der Waals surface area contributed by atoms with Gasteiger partial charge in [0.05, 0.1) is 8.07 Å². The first-order chi connectivity index (χ1) is 8.29. The van der Waals surface area contributed by atoms with Crippen LogP contribution in [0.1, 0.15) is 26.5 Å². The summed E-state index contributed by atoms with van der Waals surface area (Å²) >= 11 is 0. The number of hydrogen-bond donors (Lipinski definition) is 1. The van der Waals surface area contributed by atoms with Crippen LogP contribution in [0.5, 0.6) is 0 Å². The molecular formula is C15H22O2Si. The predicted molar refractivity (Wildman–Crippen MR) is 79.0 cm³/mol. The summed E-state index contributed by atoms with van der Waals surface area (Å²) in [6.45, 7) is 11.5. The molecule has 1 aromatic heterocycles. The van der Waals surface area contributed by atoms with E-state index in [9.17, 15) is 5.11 Å². The van der Waals surface area contributed by atoms with Crippen molar-refractivity contribution in [1.29, 1.82) is 0 Å². The van der Waals surface area contributed by atoms with Gasteiger partial charge in [-0.05, 0) is 16.3 Å². The number of furan rings is 1. The summed E-state index contributed by atoms with van der Waals surface area (Å²) in [7, 11) is -1.71. The van der Waals surface area contributed by atoms with Gasteiger partial charge >= 0.3 is 0 Å². The van der Waals surface area contributed by atoms with E-state index in [1.807, 2.05) is 18.2 Å². The van der Waals surface area contributed by atoms with Crippen molar-refractivity contribution in [3.8, 4) is 0 Å². The van der Waals surface area contributed by atoms with Crippen LogP contribution in [-0.4, -0.2) is 13.2 Å². The first-order valence-corrected chi connectivity index (χ1v) is 9.41. The lowest BCUT2D eigenvalue weighted by atomic mass is 10.2. The third kappa shape index (κ3) is 1.91. The Morgan fingerprint density at radius 3 is 2.33 bits per heavy atom. The van der Waals surface area contributed by atoms with Crippen molar-refractivity contribution in [1.82, 2.24) is 0 Å². The molecule has 0 saturated carbocycles. The van der Waals surface area contributed by atoms with Gasteiger partial charge in [0.25, 0.3) is 0 Å². The van der Waals surface area contributed by atoms with Crippen LogP contribution in [0, 0.1) is 0 Å². The van der Waals surface area contributed by atoms with E-state index < -0.39 is 8.07 Å². The number of rotatable bonds is 2. The molecule has 1 heterocycles. The van der Waals surface area contributed by atoms with Gasteiger partial charge in [-0.2, -0.15) is 0 Å². The molecule has 0 amide bonds. The van der Waals surface area contributed by atoms with Crippen molar-refractivity contribution < 1.29 is 9.52 Å². The fourth-order valence-corrected chi connectivity index (χ4v) is 4.72. The summed E-state index contributed by atoms with van der Waals surface area (Å²) in [5, 5.41) is 12.2. The summed E-state index contributed by atoms with van der Waals surface area (Å²) < 4.78 is 5.81. The van der Waals surface area contributed by atoms with E-state index in [1.165, 1.54) is 10.6 Å². The maximum Gasteiger partial charge on any atom is 0.134 e. The van der Waals surface area contributed by atoms with Crippen molar-refractivity contribution in [2.75, 3.05) is 0 Å². The Hall–Kier alpha value is -1.06. The minimum atomic E-state index is -1.71. The molecule has 0 fully saturated rings. The average Bonchev–Trinajstić information content (AvgIpc) is 2.66. The summed E-state index contributed by atoms with van der Waals surface area (Å²) in [5.74, 6) is 0.753. The molecule has 0 aliphatic rings. The number of para-hydroxylation sites is 1. The number of aliphatic hydroxyl groups is 1. The summed E-state index contributed by atoms with van der Waals surface area (Å²) in [5.41, 5.74) is 0.890. The highest BCUT2D eigenvalue weighted by Crippen LogP contribution is 2.38.